The van der Waals surface area contributed by atoms with Crippen LogP contribution in [0.1, 0.15) is 27.2 Å². The molecule has 1 rings (SSSR count). The van der Waals surface area contributed by atoms with Gasteiger partial charge in [-0.1, -0.05) is 33.4 Å². The minimum atomic E-state index is 0.978. The van der Waals surface area contributed by atoms with Crippen molar-refractivity contribution in [3.05, 3.63) is 23.8 Å². The Labute approximate surface area is 70.2 Å². The fraction of sp³-hybridized carbons (Fsp3) is 0.600. The number of rotatable bonds is 1. The molecule has 1 aliphatic heterocycles. The molecule has 1 heterocycles. The zero-order chi connectivity index (χ0) is 8.69. The summed E-state index contributed by atoms with van der Waals surface area (Å²) < 4.78 is 0. The smallest absolute Gasteiger partial charge is 0.0208 e. The first-order chi connectivity index (χ1) is 5.34. The lowest BCUT2D eigenvalue weighted by Crippen LogP contribution is -2.04. The van der Waals surface area contributed by atoms with Crippen molar-refractivity contribution >= 4 is 0 Å². The monoisotopic (exact) mass is 153 g/mol. The molecule has 1 aliphatic rings. The molecule has 0 bridgehead atoms. The molecule has 0 aromatic rings. The van der Waals surface area contributed by atoms with Crippen molar-refractivity contribution < 1.29 is 0 Å². The van der Waals surface area contributed by atoms with Gasteiger partial charge >= 0.3 is 0 Å². The Bertz CT molecular complexity index is 145. The largest absolute Gasteiger partial charge is 0.309 e. The minimum absolute atomic E-state index is 0.978. The van der Waals surface area contributed by atoms with E-state index in [-0.39, 0.29) is 0 Å². The van der Waals surface area contributed by atoms with Gasteiger partial charge in [-0.05, 0) is 17.6 Å². The van der Waals surface area contributed by atoms with Crippen LogP contribution >= 0.6 is 0 Å². The molecule has 0 aromatic heterocycles. The Morgan fingerprint density at radius 2 is 2.09 bits per heavy atom. The van der Waals surface area contributed by atoms with Gasteiger partial charge in [0.15, 0.2) is 0 Å². The molecule has 64 valence electrons. The highest BCUT2D eigenvalue weighted by atomic mass is 14.9. The lowest BCUT2D eigenvalue weighted by atomic mass is 10.1. The van der Waals surface area contributed by atoms with Crippen LogP contribution in [0.15, 0.2) is 23.8 Å². The molecule has 1 heteroatoms. The van der Waals surface area contributed by atoms with E-state index in [2.05, 4.69) is 24.9 Å². The topological polar surface area (TPSA) is 12.0 Å². The van der Waals surface area contributed by atoms with E-state index in [4.69, 9.17) is 0 Å². The van der Waals surface area contributed by atoms with E-state index in [0.29, 0.717) is 0 Å². The average Bonchev–Trinajstić information content (AvgIpc) is 2.42. The second-order valence-corrected chi connectivity index (χ2v) is 2.34. The Balaban J connectivity index is 0.000000461. The van der Waals surface area contributed by atoms with Gasteiger partial charge in [0.1, 0.15) is 0 Å². The summed E-state index contributed by atoms with van der Waals surface area (Å²) in [6.45, 7) is 12.1. The summed E-state index contributed by atoms with van der Waals surface area (Å²) in [7, 11) is 0. The predicted molar refractivity (Wildman–Crippen MR) is 51.7 cm³/mol. The van der Waals surface area contributed by atoms with Crippen LogP contribution in [-0.2, 0) is 0 Å². The van der Waals surface area contributed by atoms with Crippen molar-refractivity contribution in [1.82, 2.24) is 5.32 Å². The lowest BCUT2D eigenvalue weighted by molar-refractivity contribution is 0.894. The summed E-state index contributed by atoms with van der Waals surface area (Å²) in [5.74, 6) is 0. The summed E-state index contributed by atoms with van der Waals surface area (Å²) in [6, 6.07) is 0. The maximum atomic E-state index is 3.92. The lowest BCUT2D eigenvalue weighted by Gasteiger charge is -1.92. The highest BCUT2D eigenvalue weighted by Crippen LogP contribution is 2.11. The maximum Gasteiger partial charge on any atom is 0.0208 e. The van der Waals surface area contributed by atoms with Gasteiger partial charge in [0.2, 0.25) is 0 Å². The van der Waals surface area contributed by atoms with Gasteiger partial charge in [-0.25, -0.2) is 0 Å². The summed E-state index contributed by atoms with van der Waals surface area (Å²) in [5, 5.41) is 3.24. The third-order valence-corrected chi connectivity index (χ3v) is 1.56. The van der Waals surface area contributed by atoms with Crippen molar-refractivity contribution in [2.75, 3.05) is 13.1 Å². The molecule has 1 saturated heterocycles. The first kappa shape index (κ1) is 10.4. The molecule has 11 heavy (non-hydrogen) atoms. The Morgan fingerprint density at radius 3 is 2.45 bits per heavy atom. The molecular formula is C10H19N. The number of hydrogen-bond donors (Lipinski definition) is 1. The summed E-state index contributed by atoms with van der Waals surface area (Å²) in [6.07, 6.45) is 3.36. The van der Waals surface area contributed by atoms with Crippen LogP contribution in [0.25, 0.3) is 0 Å². The van der Waals surface area contributed by atoms with Crippen LogP contribution in [0.5, 0.6) is 0 Å². The van der Waals surface area contributed by atoms with E-state index < -0.39 is 0 Å². The van der Waals surface area contributed by atoms with Crippen LogP contribution in [0.3, 0.4) is 0 Å². The van der Waals surface area contributed by atoms with E-state index in [0.717, 1.165) is 19.5 Å². The second kappa shape index (κ2) is 6.17. The van der Waals surface area contributed by atoms with Crippen LogP contribution in [-0.4, -0.2) is 13.1 Å². The van der Waals surface area contributed by atoms with Crippen molar-refractivity contribution in [1.29, 1.82) is 0 Å². The van der Waals surface area contributed by atoms with Gasteiger partial charge in [-0.15, -0.1) is 0 Å². The van der Waals surface area contributed by atoms with Gasteiger partial charge in [0.25, 0.3) is 0 Å². The summed E-state index contributed by atoms with van der Waals surface area (Å²) >= 11 is 0. The predicted octanol–water partition coefficient (Wildman–Crippen LogP) is 2.51. The highest BCUT2D eigenvalue weighted by Gasteiger charge is 2.07. The molecule has 1 N–H and O–H groups in total. The van der Waals surface area contributed by atoms with E-state index in [1.54, 1.807) is 0 Å². The molecule has 0 saturated carbocycles. The van der Waals surface area contributed by atoms with Gasteiger partial charge in [-0.2, -0.15) is 0 Å². The molecule has 0 amide bonds. The molecular weight excluding hydrogens is 134 g/mol. The molecule has 1 nitrogen and oxygen atoms in total. The van der Waals surface area contributed by atoms with Crippen molar-refractivity contribution in [2.24, 2.45) is 0 Å². The molecule has 0 spiro atoms. The Hall–Kier alpha value is -0.560. The third kappa shape index (κ3) is 3.38. The number of allylic oxidation sites excluding steroid dienone is 1. The Morgan fingerprint density at radius 1 is 1.45 bits per heavy atom. The fourth-order valence-corrected chi connectivity index (χ4v) is 1.05. The van der Waals surface area contributed by atoms with E-state index >= 15 is 0 Å². The van der Waals surface area contributed by atoms with E-state index in [1.165, 1.54) is 11.1 Å². The highest BCUT2D eigenvalue weighted by molar-refractivity contribution is 5.34. The van der Waals surface area contributed by atoms with E-state index in [9.17, 15) is 0 Å². The minimum Gasteiger partial charge on any atom is -0.309 e. The van der Waals surface area contributed by atoms with Crippen LogP contribution < -0.4 is 5.32 Å². The zero-order valence-electron chi connectivity index (χ0n) is 7.91. The SMILES string of the molecule is C=C1CNC/C1=C/CC.CC. The average molecular weight is 153 g/mol. The standard InChI is InChI=1S/C8H13N.C2H6/c1-3-4-8-6-9-5-7(8)2;1-2/h4,9H,2-3,5-6H2,1H3;1-2H3/b8-4-;. The third-order valence-electron chi connectivity index (χ3n) is 1.56. The van der Waals surface area contributed by atoms with Crippen molar-refractivity contribution in [3.63, 3.8) is 0 Å². The summed E-state index contributed by atoms with van der Waals surface area (Å²) in [5.41, 5.74) is 2.66. The van der Waals surface area contributed by atoms with Gasteiger partial charge in [-0.3, -0.25) is 0 Å². The van der Waals surface area contributed by atoms with Crippen LogP contribution in [0.2, 0.25) is 0 Å². The quantitative estimate of drug-likeness (QED) is 0.610. The fourth-order valence-electron chi connectivity index (χ4n) is 1.05. The maximum absolute atomic E-state index is 3.92. The van der Waals surface area contributed by atoms with Crippen molar-refractivity contribution in [3.8, 4) is 0 Å². The molecule has 0 atom stereocenters. The summed E-state index contributed by atoms with van der Waals surface area (Å²) in [4.78, 5) is 0. The first-order valence-corrected chi connectivity index (χ1v) is 4.42. The zero-order valence-corrected chi connectivity index (χ0v) is 7.91. The molecule has 0 aromatic carbocycles. The second-order valence-electron chi connectivity index (χ2n) is 2.34. The first-order valence-electron chi connectivity index (χ1n) is 4.42. The number of hydrogen-bond acceptors (Lipinski definition) is 1. The van der Waals surface area contributed by atoms with Crippen LogP contribution in [0.4, 0.5) is 0 Å². The Kier molecular flexibility index (Phi) is 5.86. The van der Waals surface area contributed by atoms with Gasteiger partial charge < -0.3 is 5.32 Å². The van der Waals surface area contributed by atoms with Gasteiger partial charge in [0.05, 0.1) is 0 Å². The van der Waals surface area contributed by atoms with Crippen molar-refractivity contribution in [2.45, 2.75) is 27.2 Å². The molecule has 1 fully saturated rings. The normalized spacial score (nSPS) is 19.9. The van der Waals surface area contributed by atoms with Gasteiger partial charge in [0, 0.05) is 13.1 Å². The molecule has 0 radical (unpaired) electrons. The molecule has 0 unspecified atom stereocenters. The van der Waals surface area contributed by atoms with E-state index in [1.807, 2.05) is 13.8 Å². The number of nitrogens with one attached hydrogen (secondary N) is 1. The molecule has 0 aliphatic carbocycles. The van der Waals surface area contributed by atoms with Crippen LogP contribution in [0, 0.1) is 0 Å².